The number of rotatable bonds is 5. The van der Waals surface area contributed by atoms with E-state index in [4.69, 9.17) is 0 Å². The average molecular weight is 257 g/mol. The highest BCUT2D eigenvalue weighted by molar-refractivity contribution is 5.24. The predicted molar refractivity (Wildman–Crippen MR) is 79.3 cm³/mol. The minimum absolute atomic E-state index is 0.331. The first-order valence-electron chi connectivity index (χ1n) is 6.90. The van der Waals surface area contributed by atoms with Crippen LogP contribution >= 0.6 is 0 Å². The second-order valence-corrected chi connectivity index (χ2v) is 5.09. The second-order valence-electron chi connectivity index (χ2n) is 5.09. The highest BCUT2D eigenvalue weighted by atomic mass is 15.1. The van der Waals surface area contributed by atoms with Gasteiger partial charge in [-0.05, 0) is 32.9 Å². The molecule has 1 aromatic carbocycles. The molecule has 0 fully saturated rings. The molecule has 1 heterocycles. The maximum Gasteiger partial charge on any atom is 0.0952 e. The van der Waals surface area contributed by atoms with Crippen molar-refractivity contribution < 1.29 is 0 Å². The maximum absolute atomic E-state index is 4.37. The van der Waals surface area contributed by atoms with Crippen molar-refractivity contribution >= 4 is 0 Å². The summed E-state index contributed by atoms with van der Waals surface area (Å²) >= 11 is 0. The van der Waals surface area contributed by atoms with Crippen molar-refractivity contribution in [1.82, 2.24) is 14.9 Å². The third-order valence-corrected chi connectivity index (χ3v) is 3.65. The molecule has 0 aliphatic heterocycles. The Labute approximate surface area is 115 Å². The minimum atomic E-state index is 0.331. The molecule has 0 saturated heterocycles. The number of aromatic nitrogens is 2. The van der Waals surface area contributed by atoms with Crippen LogP contribution in [0, 0.1) is 20.8 Å². The number of hydrogen-bond donors (Lipinski definition) is 1. The van der Waals surface area contributed by atoms with Crippen molar-refractivity contribution in [1.29, 1.82) is 0 Å². The van der Waals surface area contributed by atoms with Crippen LogP contribution in [0.4, 0.5) is 0 Å². The molecule has 1 aromatic heterocycles. The molecule has 2 rings (SSSR count). The summed E-state index contributed by atoms with van der Waals surface area (Å²) in [6.07, 6.45) is 1.93. The molecule has 19 heavy (non-hydrogen) atoms. The molecule has 1 unspecified atom stereocenters. The Kier molecular flexibility index (Phi) is 4.38. The Balaban J connectivity index is 2.20. The Morgan fingerprint density at radius 2 is 1.84 bits per heavy atom. The van der Waals surface area contributed by atoms with E-state index in [0.717, 1.165) is 18.8 Å². The van der Waals surface area contributed by atoms with Crippen molar-refractivity contribution in [2.24, 2.45) is 0 Å². The van der Waals surface area contributed by atoms with E-state index in [1.165, 1.54) is 16.8 Å². The van der Waals surface area contributed by atoms with Gasteiger partial charge in [-0.1, -0.05) is 36.8 Å². The van der Waals surface area contributed by atoms with Crippen LogP contribution in [-0.2, 0) is 6.54 Å². The number of benzene rings is 1. The van der Waals surface area contributed by atoms with Crippen LogP contribution in [0.2, 0.25) is 0 Å². The molecule has 3 heteroatoms. The molecule has 2 aromatic rings. The molecule has 0 bridgehead atoms. The van der Waals surface area contributed by atoms with Gasteiger partial charge in [0.25, 0.3) is 0 Å². The molecule has 3 nitrogen and oxygen atoms in total. The van der Waals surface area contributed by atoms with E-state index in [1.54, 1.807) is 0 Å². The van der Waals surface area contributed by atoms with Gasteiger partial charge in [0.05, 0.1) is 18.1 Å². The zero-order valence-electron chi connectivity index (χ0n) is 12.3. The molecule has 0 amide bonds. The fourth-order valence-electron chi connectivity index (χ4n) is 2.26. The van der Waals surface area contributed by atoms with Crippen LogP contribution in [0.1, 0.15) is 35.5 Å². The summed E-state index contributed by atoms with van der Waals surface area (Å²) in [6.45, 7) is 10.3. The molecule has 1 atom stereocenters. The van der Waals surface area contributed by atoms with Gasteiger partial charge in [0, 0.05) is 12.2 Å². The van der Waals surface area contributed by atoms with Crippen LogP contribution in [0.3, 0.4) is 0 Å². The van der Waals surface area contributed by atoms with Crippen molar-refractivity contribution in [2.45, 2.75) is 40.3 Å². The van der Waals surface area contributed by atoms with Crippen LogP contribution < -0.4 is 5.32 Å². The number of likely N-dealkylation sites (N-methyl/N-ethyl adjacent to an activating group) is 1. The first-order chi connectivity index (χ1) is 9.11. The Morgan fingerprint density at radius 3 is 2.37 bits per heavy atom. The van der Waals surface area contributed by atoms with Gasteiger partial charge < -0.3 is 9.88 Å². The van der Waals surface area contributed by atoms with Crippen molar-refractivity contribution in [3.05, 3.63) is 53.1 Å². The summed E-state index contributed by atoms with van der Waals surface area (Å²) in [6, 6.07) is 9.10. The lowest BCUT2D eigenvalue weighted by atomic mass is 10.0. The predicted octanol–water partition coefficient (Wildman–Crippen LogP) is 3.16. The molecule has 0 spiro atoms. The number of aryl methyl sites for hydroxylation is 2. The lowest BCUT2D eigenvalue weighted by Gasteiger charge is -2.20. The van der Waals surface area contributed by atoms with Gasteiger partial charge in [0.2, 0.25) is 0 Å². The first kappa shape index (κ1) is 13.8. The van der Waals surface area contributed by atoms with Crippen molar-refractivity contribution in [2.75, 3.05) is 6.54 Å². The smallest absolute Gasteiger partial charge is 0.0952 e. The Bertz CT molecular complexity index is 525. The molecule has 102 valence electrons. The Morgan fingerprint density at radius 1 is 1.16 bits per heavy atom. The van der Waals surface area contributed by atoms with Gasteiger partial charge >= 0.3 is 0 Å². The average Bonchev–Trinajstić information content (AvgIpc) is 2.71. The monoisotopic (exact) mass is 257 g/mol. The number of imidazole rings is 1. The van der Waals surface area contributed by atoms with E-state index in [-0.39, 0.29) is 0 Å². The van der Waals surface area contributed by atoms with Crippen LogP contribution in [-0.4, -0.2) is 16.1 Å². The van der Waals surface area contributed by atoms with Gasteiger partial charge in [0.15, 0.2) is 0 Å². The summed E-state index contributed by atoms with van der Waals surface area (Å²) < 4.78 is 2.22. The van der Waals surface area contributed by atoms with E-state index in [2.05, 4.69) is 66.8 Å². The molecule has 0 aliphatic carbocycles. The Hall–Kier alpha value is -1.61. The largest absolute Gasteiger partial charge is 0.333 e. The minimum Gasteiger partial charge on any atom is -0.333 e. The third-order valence-electron chi connectivity index (χ3n) is 3.65. The molecule has 1 N–H and O–H groups in total. The van der Waals surface area contributed by atoms with Gasteiger partial charge in [-0.15, -0.1) is 0 Å². The molecular weight excluding hydrogens is 234 g/mol. The molecular formula is C16H23N3. The fourth-order valence-corrected chi connectivity index (χ4v) is 2.26. The molecule has 0 radical (unpaired) electrons. The summed E-state index contributed by atoms with van der Waals surface area (Å²) in [4.78, 5) is 4.37. The van der Waals surface area contributed by atoms with Gasteiger partial charge in [0.1, 0.15) is 0 Å². The standard InChI is InChI=1S/C16H23N3/c1-5-17-16(15-8-6-12(2)7-9-15)10-19-11-18-13(3)14(19)4/h6-9,11,16-17H,5,10H2,1-4H3. The van der Waals surface area contributed by atoms with Crippen molar-refractivity contribution in [3.8, 4) is 0 Å². The summed E-state index contributed by atoms with van der Waals surface area (Å²) in [5.74, 6) is 0. The summed E-state index contributed by atoms with van der Waals surface area (Å²) in [7, 11) is 0. The van der Waals surface area contributed by atoms with E-state index >= 15 is 0 Å². The zero-order chi connectivity index (χ0) is 13.8. The second kappa shape index (κ2) is 6.02. The van der Waals surface area contributed by atoms with E-state index < -0.39 is 0 Å². The third kappa shape index (κ3) is 3.24. The number of nitrogens with zero attached hydrogens (tertiary/aromatic N) is 2. The van der Waals surface area contributed by atoms with Gasteiger partial charge in [-0.3, -0.25) is 0 Å². The van der Waals surface area contributed by atoms with Crippen LogP contribution in [0.5, 0.6) is 0 Å². The highest BCUT2D eigenvalue weighted by Crippen LogP contribution is 2.17. The molecule has 0 aliphatic rings. The van der Waals surface area contributed by atoms with Crippen molar-refractivity contribution in [3.63, 3.8) is 0 Å². The normalized spacial score (nSPS) is 12.6. The lowest BCUT2D eigenvalue weighted by molar-refractivity contribution is 0.470. The SMILES string of the molecule is CCNC(Cn1cnc(C)c1C)c1ccc(C)cc1. The van der Waals surface area contributed by atoms with Gasteiger partial charge in [-0.25, -0.2) is 4.98 Å². The topological polar surface area (TPSA) is 29.9 Å². The van der Waals surface area contributed by atoms with E-state index in [9.17, 15) is 0 Å². The maximum atomic E-state index is 4.37. The quantitative estimate of drug-likeness (QED) is 0.891. The number of hydrogen-bond acceptors (Lipinski definition) is 2. The fraction of sp³-hybridized carbons (Fsp3) is 0.438. The van der Waals surface area contributed by atoms with E-state index in [1.807, 2.05) is 6.33 Å². The zero-order valence-corrected chi connectivity index (χ0v) is 12.3. The number of nitrogens with one attached hydrogen (secondary N) is 1. The molecule has 0 saturated carbocycles. The van der Waals surface area contributed by atoms with Crippen LogP contribution in [0.25, 0.3) is 0 Å². The summed E-state index contributed by atoms with van der Waals surface area (Å²) in [5.41, 5.74) is 4.99. The van der Waals surface area contributed by atoms with Gasteiger partial charge in [-0.2, -0.15) is 0 Å². The van der Waals surface area contributed by atoms with E-state index in [0.29, 0.717) is 6.04 Å². The van der Waals surface area contributed by atoms with Crippen LogP contribution in [0.15, 0.2) is 30.6 Å². The highest BCUT2D eigenvalue weighted by Gasteiger charge is 2.12. The lowest BCUT2D eigenvalue weighted by Crippen LogP contribution is -2.25. The summed E-state index contributed by atoms with van der Waals surface area (Å²) in [5, 5.41) is 3.55. The first-order valence-corrected chi connectivity index (χ1v) is 6.90.